The minimum atomic E-state index is -3.66. The van der Waals surface area contributed by atoms with Crippen molar-refractivity contribution >= 4 is 45.0 Å². The van der Waals surface area contributed by atoms with Crippen LogP contribution in [0.25, 0.3) is 6.08 Å². The Bertz CT molecular complexity index is 1240. The highest BCUT2D eigenvalue weighted by atomic mass is 32.2. The van der Waals surface area contributed by atoms with E-state index in [2.05, 4.69) is 15.4 Å². The van der Waals surface area contributed by atoms with E-state index in [9.17, 15) is 13.2 Å². The van der Waals surface area contributed by atoms with E-state index in [-0.39, 0.29) is 16.6 Å². The predicted octanol–water partition coefficient (Wildman–Crippen LogP) is 4.09. The lowest BCUT2D eigenvalue weighted by Crippen LogP contribution is -2.32. The summed E-state index contributed by atoms with van der Waals surface area (Å²) in [6.07, 6.45) is 3.04. The molecule has 0 aliphatic rings. The fraction of sp³-hybridized carbons (Fsp3) is 0.120. The summed E-state index contributed by atoms with van der Waals surface area (Å²) in [5, 5.41) is 5.51. The highest BCUT2D eigenvalue weighted by Gasteiger charge is 2.13. The van der Waals surface area contributed by atoms with Crippen molar-refractivity contribution in [3.8, 4) is 5.75 Å². The van der Waals surface area contributed by atoms with Crippen LogP contribution in [0.15, 0.2) is 89.8 Å². The summed E-state index contributed by atoms with van der Waals surface area (Å²) in [7, 11) is -3.66. The molecule has 0 heterocycles. The van der Waals surface area contributed by atoms with Crippen LogP contribution in [0.4, 0.5) is 5.69 Å². The molecule has 3 aromatic carbocycles. The number of amides is 1. The smallest absolute Gasteiger partial charge is 0.250 e. The molecule has 0 saturated heterocycles. The van der Waals surface area contributed by atoms with Gasteiger partial charge in [0.2, 0.25) is 15.9 Å². The summed E-state index contributed by atoms with van der Waals surface area (Å²) < 4.78 is 32.9. The second kappa shape index (κ2) is 12.1. The van der Waals surface area contributed by atoms with E-state index < -0.39 is 15.9 Å². The van der Waals surface area contributed by atoms with E-state index in [0.29, 0.717) is 12.3 Å². The van der Waals surface area contributed by atoms with Crippen LogP contribution in [0.1, 0.15) is 18.1 Å². The van der Waals surface area contributed by atoms with Gasteiger partial charge in [0.25, 0.3) is 0 Å². The van der Waals surface area contributed by atoms with Gasteiger partial charge in [0.15, 0.2) is 5.11 Å². The first-order valence-electron chi connectivity index (χ1n) is 10.5. The summed E-state index contributed by atoms with van der Waals surface area (Å²) in [6, 6.07) is 22.7. The quantitative estimate of drug-likeness (QED) is 0.306. The minimum absolute atomic E-state index is 0.0964. The first kappa shape index (κ1) is 25.1. The van der Waals surface area contributed by atoms with E-state index >= 15 is 0 Å². The molecule has 0 aliphatic heterocycles. The number of ether oxygens (including phenoxy) is 1. The van der Waals surface area contributed by atoms with Gasteiger partial charge in [-0.3, -0.25) is 10.1 Å². The van der Waals surface area contributed by atoms with Gasteiger partial charge in [-0.25, -0.2) is 13.1 Å². The van der Waals surface area contributed by atoms with E-state index in [1.54, 1.807) is 18.2 Å². The van der Waals surface area contributed by atoms with E-state index in [0.717, 1.165) is 16.9 Å². The maximum Gasteiger partial charge on any atom is 0.250 e. The largest absolute Gasteiger partial charge is 0.494 e. The van der Waals surface area contributed by atoms with Gasteiger partial charge >= 0.3 is 0 Å². The van der Waals surface area contributed by atoms with Crippen molar-refractivity contribution < 1.29 is 17.9 Å². The predicted molar refractivity (Wildman–Crippen MR) is 138 cm³/mol. The van der Waals surface area contributed by atoms with Crippen molar-refractivity contribution in [2.75, 3.05) is 11.9 Å². The molecule has 1 amide bonds. The number of sulfonamides is 1. The van der Waals surface area contributed by atoms with Crippen molar-refractivity contribution in [2.45, 2.75) is 18.4 Å². The number of hydrogen-bond donors (Lipinski definition) is 3. The van der Waals surface area contributed by atoms with E-state index in [1.807, 2.05) is 61.5 Å². The second-order valence-electron chi connectivity index (χ2n) is 7.11. The third kappa shape index (κ3) is 7.80. The maximum absolute atomic E-state index is 12.5. The molecule has 0 spiro atoms. The number of nitrogens with one attached hydrogen (secondary N) is 3. The monoisotopic (exact) mass is 495 g/mol. The van der Waals surface area contributed by atoms with Gasteiger partial charge < -0.3 is 10.1 Å². The van der Waals surface area contributed by atoms with E-state index in [4.69, 9.17) is 17.0 Å². The van der Waals surface area contributed by atoms with Gasteiger partial charge in [-0.1, -0.05) is 42.5 Å². The van der Waals surface area contributed by atoms with Gasteiger partial charge in [-0.15, -0.1) is 0 Å². The lowest BCUT2D eigenvalue weighted by molar-refractivity contribution is -0.115. The Morgan fingerprint density at radius 1 is 0.971 bits per heavy atom. The fourth-order valence-electron chi connectivity index (χ4n) is 2.90. The van der Waals surface area contributed by atoms with Crippen molar-refractivity contribution in [3.05, 3.63) is 96.1 Å². The first-order chi connectivity index (χ1) is 16.4. The number of benzene rings is 3. The lowest BCUT2D eigenvalue weighted by Gasteiger charge is -2.10. The molecule has 9 heteroatoms. The summed E-state index contributed by atoms with van der Waals surface area (Å²) >= 11 is 5.17. The van der Waals surface area contributed by atoms with Crippen LogP contribution in [0.3, 0.4) is 0 Å². The van der Waals surface area contributed by atoms with Crippen LogP contribution < -0.4 is 20.1 Å². The number of anilines is 1. The average Bonchev–Trinajstić information content (AvgIpc) is 2.83. The molecular weight excluding hydrogens is 470 g/mol. The molecule has 34 heavy (non-hydrogen) atoms. The summed E-state index contributed by atoms with van der Waals surface area (Å²) in [5.41, 5.74) is 2.25. The van der Waals surface area contributed by atoms with Crippen molar-refractivity contribution in [1.29, 1.82) is 0 Å². The Labute approximate surface area is 204 Å². The summed E-state index contributed by atoms with van der Waals surface area (Å²) in [6.45, 7) is 2.70. The van der Waals surface area contributed by atoms with Crippen LogP contribution in [-0.2, 0) is 21.4 Å². The summed E-state index contributed by atoms with van der Waals surface area (Å²) in [5.74, 6) is 0.371. The second-order valence-corrected chi connectivity index (χ2v) is 9.29. The van der Waals surface area contributed by atoms with Crippen molar-refractivity contribution in [1.82, 2.24) is 10.0 Å². The van der Waals surface area contributed by atoms with Gasteiger partial charge in [0, 0.05) is 18.3 Å². The molecule has 176 valence electrons. The van der Waals surface area contributed by atoms with Gasteiger partial charge in [-0.2, -0.15) is 0 Å². The third-order valence-corrected chi connectivity index (χ3v) is 6.21. The van der Waals surface area contributed by atoms with E-state index in [1.165, 1.54) is 18.2 Å². The lowest BCUT2D eigenvalue weighted by atomic mass is 10.2. The van der Waals surface area contributed by atoms with Crippen LogP contribution >= 0.6 is 12.2 Å². The Hall–Kier alpha value is -3.53. The molecule has 7 nitrogen and oxygen atoms in total. The first-order valence-corrected chi connectivity index (χ1v) is 12.4. The molecule has 0 aromatic heterocycles. The zero-order valence-electron chi connectivity index (χ0n) is 18.5. The van der Waals surface area contributed by atoms with Gasteiger partial charge in [0.05, 0.1) is 11.5 Å². The molecule has 3 N–H and O–H groups in total. The minimum Gasteiger partial charge on any atom is -0.494 e. The third-order valence-electron chi connectivity index (χ3n) is 4.59. The maximum atomic E-state index is 12.5. The Balaban J connectivity index is 1.50. The van der Waals surface area contributed by atoms with Crippen LogP contribution in [0.5, 0.6) is 5.75 Å². The Morgan fingerprint density at radius 2 is 1.65 bits per heavy atom. The van der Waals surface area contributed by atoms with Gasteiger partial charge in [-0.05, 0) is 72.7 Å². The molecule has 0 atom stereocenters. The Kier molecular flexibility index (Phi) is 8.92. The molecule has 0 fully saturated rings. The number of carbonyl (C=O) groups excluding carboxylic acids is 1. The van der Waals surface area contributed by atoms with Crippen LogP contribution in [-0.4, -0.2) is 26.0 Å². The van der Waals surface area contributed by atoms with Crippen LogP contribution in [0.2, 0.25) is 0 Å². The Morgan fingerprint density at radius 3 is 2.29 bits per heavy atom. The molecule has 0 unspecified atom stereocenters. The number of thiocarbonyl (C=S) groups is 1. The zero-order valence-corrected chi connectivity index (χ0v) is 20.2. The number of carbonyl (C=O) groups is 1. The highest BCUT2D eigenvalue weighted by Crippen LogP contribution is 2.15. The van der Waals surface area contributed by atoms with Crippen molar-refractivity contribution in [2.24, 2.45) is 0 Å². The molecule has 0 bridgehead atoms. The molecule has 3 aromatic rings. The fourth-order valence-corrected chi connectivity index (χ4v) is 4.14. The summed E-state index contributed by atoms with van der Waals surface area (Å²) in [4.78, 5) is 12.3. The van der Waals surface area contributed by atoms with Gasteiger partial charge in [0.1, 0.15) is 5.75 Å². The average molecular weight is 496 g/mol. The molecule has 0 radical (unpaired) electrons. The normalized spacial score (nSPS) is 11.2. The molecule has 3 rings (SSSR count). The van der Waals surface area contributed by atoms with Crippen LogP contribution in [0, 0.1) is 0 Å². The molecule has 0 saturated carbocycles. The highest BCUT2D eigenvalue weighted by molar-refractivity contribution is 7.89. The topological polar surface area (TPSA) is 96.5 Å². The SMILES string of the molecule is CCOc1ccc(/C=C/C(=O)NC(=S)Nc2ccc(S(=O)(=O)NCc3ccccc3)cc2)cc1. The van der Waals surface area contributed by atoms with Crippen molar-refractivity contribution in [3.63, 3.8) is 0 Å². The molecular formula is C25H25N3O4S2. The number of rotatable bonds is 9. The standard InChI is InChI=1S/C25H25N3O4S2/c1-2-32-22-13-8-19(9-14-22)10-17-24(29)28-25(33)27-21-11-15-23(16-12-21)34(30,31)26-18-20-6-4-3-5-7-20/h3-17,26H,2,18H2,1H3,(H2,27,28,29,33)/b17-10+. The zero-order chi connectivity index (χ0) is 24.4. The molecule has 0 aliphatic carbocycles. The number of hydrogen-bond acceptors (Lipinski definition) is 5.